The van der Waals surface area contributed by atoms with Crippen molar-refractivity contribution in [3.8, 4) is 11.5 Å². The summed E-state index contributed by atoms with van der Waals surface area (Å²) in [6.07, 6.45) is 0.935. The molecule has 1 N–H and O–H groups in total. The molecule has 0 unspecified atom stereocenters. The van der Waals surface area contributed by atoms with E-state index in [0.717, 1.165) is 8.47 Å². The molecule has 4 amide bonds. The van der Waals surface area contributed by atoms with Crippen LogP contribution in [0, 0.1) is 50.4 Å². The van der Waals surface area contributed by atoms with Crippen LogP contribution >= 0.6 is 45.8 Å². The number of hydrogen-bond acceptors (Lipinski definition) is 6. The summed E-state index contributed by atoms with van der Waals surface area (Å²) in [7, 11) is 1.23. The number of halogens is 8. The molecule has 2 saturated heterocycles. The molecule has 2 aliphatic carbocycles. The number of carbonyl (C=O) groups excluding carboxylic acids is 4. The number of benzene rings is 3. The Labute approximate surface area is 297 Å². The lowest BCUT2D eigenvalue weighted by atomic mass is 9.56. The molecule has 0 radical (unpaired) electrons. The lowest BCUT2D eigenvalue weighted by Gasteiger charge is -2.50. The number of anilines is 2. The van der Waals surface area contributed by atoms with E-state index in [1.54, 1.807) is 30.3 Å². The van der Waals surface area contributed by atoms with Gasteiger partial charge in [0.15, 0.2) is 44.5 Å². The van der Waals surface area contributed by atoms with Crippen molar-refractivity contribution in [2.75, 3.05) is 16.9 Å². The average molecular weight is 833 g/mol. The summed E-state index contributed by atoms with van der Waals surface area (Å²) < 4.78 is 79.3. The van der Waals surface area contributed by atoms with E-state index in [0.29, 0.717) is 5.69 Å². The molecule has 2 heterocycles. The topological polar surface area (TPSA) is 104 Å². The van der Waals surface area contributed by atoms with Gasteiger partial charge in [-0.2, -0.15) is 0 Å². The maximum atomic E-state index is 15.2. The number of aromatic hydroxyl groups is 1. The number of methoxy groups -OCH3 is 1. The molecule has 0 bridgehead atoms. The highest BCUT2D eigenvalue weighted by atomic mass is 127. The zero-order valence-electron chi connectivity index (χ0n) is 24.7. The number of carbonyl (C=O) groups is 4. The average Bonchev–Trinajstić information content (AvgIpc) is 3.42. The first-order valence-corrected chi connectivity index (χ1v) is 16.4. The molecule has 254 valence electrons. The zero-order valence-corrected chi connectivity index (χ0v) is 28.4. The minimum Gasteiger partial charge on any atom is -0.504 e. The van der Waals surface area contributed by atoms with Crippen molar-refractivity contribution in [1.29, 1.82) is 0 Å². The number of phenolic OH excluding ortho intramolecular Hbond substituents is 1. The first kappa shape index (κ1) is 33.7. The van der Waals surface area contributed by atoms with E-state index in [1.807, 2.05) is 0 Å². The Morgan fingerprint density at radius 3 is 2.06 bits per heavy atom. The van der Waals surface area contributed by atoms with Crippen LogP contribution in [0.15, 0.2) is 54.1 Å². The lowest BCUT2D eigenvalue weighted by Crippen LogP contribution is -2.60. The second-order valence-corrected chi connectivity index (χ2v) is 14.6. The number of amides is 4. The third kappa shape index (κ3) is 4.38. The molecule has 1 saturated carbocycles. The van der Waals surface area contributed by atoms with Crippen molar-refractivity contribution in [1.82, 2.24) is 0 Å². The van der Waals surface area contributed by atoms with Crippen LogP contribution in [0.5, 0.6) is 11.5 Å². The molecule has 16 heteroatoms. The van der Waals surface area contributed by atoms with Crippen LogP contribution < -0.4 is 14.5 Å². The van der Waals surface area contributed by atoms with Gasteiger partial charge in [-0.05, 0) is 83.3 Å². The van der Waals surface area contributed by atoms with E-state index < -0.39 is 98.2 Å². The molecular formula is C33H20Cl2F5IN2O6. The number of rotatable bonds is 4. The number of alkyl halides is 2. The number of phenols is 1. The summed E-state index contributed by atoms with van der Waals surface area (Å²) in [5.41, 5.74) is -1.21. The molecule has 3 aromatic rings. The van der Waals surface area contributed by atoms with Crippen LogP contribution in [0.3, 0.4) is 0 Å². The van der Waals surface area contributed by atoms with E-state index in [1.165, 1.54) is 25.3 Å². The van der Waals surface area contributed by atoms with Crippen molar-refractivity contribution in [3.63, 3.8) is 0 Å². The Morgan fingerprint density at radius 1 is 0.837 bits per heavy atom. The molecule has 8 nitrogen and oxygen atoms in total. The monoisotopic (exact) mass is 832 g/mol. The highest BCUT2D eigenvalue weighted by Crippen LogP contribution is 2.66. The highest BCUT2D eigenvalue weighted by molar-refractivity contribution is 14.1. The summed E-state index contributed by atoms with van der Waals surface area (Å²) in [6, 6.07) is 10.3. The van der Waals surface area contributed by atoms with Gasteiger partial charge in [-0.1, -0.05) is 17.7 Å². The standard InChI is InChI=1S/C33H20Cl2F5IN2O6/c1-49-19-10-12(2-9-18(19)44)21-15-7-8-16-20(29(46)42(28(16)45)14-5-3-13(41)4-6-14)17(15)11-32(34)30(47)43(31(48)33(21,32)35)27-25(39)23(37)22(36)24(38)26(27)40/h2-7,9-10,16-17,20-21,44H,8,11H2,1H3/t16-,17+,20-,21-,32+,33-/m0/s1. The summed E-state index contributed by atoms with van der Waals surface area (Å²) in [5, 5.41) is 10.3. The molecule has 3 aromatic carbocycles. The summed E-state index contributed by atoms with van der Waals surface area (Å²) >= 11 is 16.3. The van der Waals surface area contributed by atoms with Gasteiger partial charge in [0.2, 0.25) is 17.6 Å². The van der Waals surface area contributed by atoms with Crippen molar-refractivity contribution in [2.45, 2.75) is 28.5 Å². The molecule has 4 aliphatic rings. The van der Waals surface area contributed by atoms with E-state index in [-0.39, 0.29) is 34.0 Å². The molecule has 3 fully saturated rings. The summed E-state index contributed by atoms with van der Waals surface area (Å²) in [6.45, 7) is 0. The van der Waals surface area contributed by atoms with Crippen molar-refractivity contribution < 1.29 is 51.0 Å². The first-order valence-electron chi connectivity index (χ1n) is 14.6. The largest absolute Gasteiger partial charge is 0.504 e. The van der Waals surface area contributed by atoms with Gasteiger partial charge in [-0.25, -0.2) is 26.9 Å². The van der Waals surface area contributed by atoms with Gasteiger partial charge >= 0.3 is 0 Å². The Balaban J connectivity index is 1.44. The predicted molar refractivity (Wildman–Crippen MR) is 173 cm³/mol. The lowest BCUT2D eigenvalue weighted by molar-refractivity contribution is -0.125. The van der Waals surface area contributed by atoms with Crippen LogP contribution in [0.4, 0.5) is 33.3 Å². The predicted octanol–water partition coefficient (Wildman–Crippen LogP) is 6.47. The maximum Gasteiger partial charge on any atom is 0.258 e. The molecular weight excluding hydrogens is 813 g/mol. The third-order valence-electron chi connectivity index (χ3n) is 9.84. The van der Waals surface area contributed by atoms with Crippen molar-refractivity contribution in [3.05, 3.63) is 92.3 Å². The number of hydrogen-bond donors (Lipinski definition) is 1. The first-order chi connectivity index (χ1) is 23.1. The second-order valence-electron chi connectivity index (χ2n) is 12.1. The van der Waals surface area contributed by atoms with Gasteiger partial charge in [-0.15, -0.1) is 23.2 Å². The quantitative estimate of drug-likeness (QED) is 0.0616. The van der Waals surface area contributed by atoms with Crippen molar-refractivity contribution in [2.24, 2.45) is 17.8 Å². The van der Waals surface area contributed by atoms with E-state index >= 15 is 8.78 Å². The number of imide groups is 2. The van der Waals surface area contributed by atoms with Gasteiger partial charge in [0.05, 0.1) is 24.6 Å². The van der Waals surface area contributed by atoms with Crippen LogP contribution in [-0.4, -0.2) is 45.6 Å². The molecule has 49 heavy (non-hydrogen) atoms. The zero-order chi connectivity index (χ0) is 35.5. The van der Waals surface area contributed by atoms with Crippen LogP contribution in [0.1, 0.15) is 24.3 Å². The van der Waals surface area contributed by atoms with Crippen molar-refractivity contribution >= 4 is 80.8 Å². The van der Waals surface area contributed by atoms with Gasteiger partial charge in [0.1, 0.15) is 5.69 Å². The fraction of sp³-hybridized carbons (Fsp3) is 0.273. The SMILES string of the molecule is COc1cc([C@H]2C3=CC[C@@H]4C(=O)N(c5ccc(I)cc5)C(=O)[C@@H]4[C@@H]3C[C@@]3(Cl)C(=O)N(c4c(F)c(F)c(F)c(F)c4F)C(=O)[C@@]23Cl)ccc1O. The van der Waals surface area contributed by atoms with Crippen LogP contribution in [-0.2, 0) is 19.2 Å². The minimum atomic E-state index is -2.69. The van der Waals surface area contributed by atoms with Gasteiger partial charge < -0.3 is 9.84 Å². The number of allylic oxidation sites excluding steroid dienone is 2. The van der Waals surface area contributed by atoms with Gasteiger partial charge in [-0.3, -0.25) is 24.1 Å². The molecule has 2 aliphatic heterocycles. The van der Waals surface area contributed by atoms with E-state index in [9.17, 15) is 37.5 Å². The van der Waals surface area contributed by atoms with Crippen LogP contribution in [0.25, 0.3) is 0 Å². The molecule has 0 spiro atoms. The third-order valence-corrected chi connectivity index (χ3v) is 12.0. The Bertz CT molecular complexity index is 2040. The highest BCUT2D eigenvalue weighted by Gasteiger charge is 2.77. The Morgan fingerprint density at radius 2 is 1.45 bits per heavy atom. The number of fused-ring (bicyclic) bond motifs is 4. The molecule has 6 atom stereocenters. The summed E-state index contributed by atoms with van der Waals surface area (Å²) in [4.78, 5) is 51.9. The molecule has 0 aromatic heterocycles. The summed E-state index contributed by atoms with van der Waals surface area (Å²) in [5.74, 6) is -21.7. The fourth-order valence-corrected chi connectivity index (χ4v) is 8.95. The van der Waals surface area contributed by atoms with E-state index in [4.69, 9.17) is 27.9 Å². The van der Waals surface area contributed by atoms with E-state index in [2.05, 4.69) is 22.6 Å². The Kier molecular flexibility index (Phi) is 7.83. The normalized spacial score (nSPS) is 29.2. The number of ether oxygens (including phenoxy) is 1. The maximum absolute atomic E-state index is 15.2. The van der Waals surface area contributed by atoms with Gasteiger partial charge in [0.25, 0.3) is 11.8 Å². The number of nitrogens with zero attached hydrogens (tertiary/aromatic N) is 2. The van der Waals surface area contributed by atoms with Gasteiger partial charge in [0, 0.05) is 9.49 Å². The minimum absolute atomic E-state index is 0.0145. The van der Waals surface area contributed by atoms with Crippen LogP contribution in [0.2, 0.25) is 0 Å². The smallest absolute Gasteiger partial charge is 0.258 e. The fourth-order valence-electron chi connectivity index (χ4n) is 7.66. The molecule has 7 rings (SSSR count). The Hall–Kier alpha value is -3.76. The second kappa shape index (κ2) is 11.4.